The highest BCUT2D eigenvalue weighted by atomic mass is 16.7. The lowest BCUT2D eigenvalue weighted by molar-refractivity contribution is -0.291. The lowest BCUT2D eigenvalue weighted by Crippen LogP contribution is -2.56. The molecule has 4 aliphatic carbocycles. The van der Waals surface area contributed by atoms with Gasteiger partial charge in [-0.15, -0.1) is 0 Å². The Morgan fingerprint density at radius 2 is 1.70 bits per heavy atom. The summed E-state index contributed by atoms with van der Waals surface area (Å²) in [7, 11) is 0. The zero-order valence-electron chi connectivity index (χ0n) is 23.2. The molecule has 1 aliphatic heterocycles. The summed E-state index contributed by atoms with van der Waals surface area (Å²) in [6.45, 7) is 9.18. The molecular weight excluding hydrogens is 468 g/mol. The van der Waals surface area contributed by atoms with Gasteiger partial charge in [-0.3, -0.25) is 0 Å². The molecule has 0 radical (unpaired) electrons. The highest BCUT2D eigenvalue weighted by Gasteiger charge is 2.54. The first kappa shape index (κ1) is 27.5. The molecule has 8 atom stereocenters. The van der Waals surface area contributed by atoms with Crippen molar-refractivity contribution in [2.75, 3.05) is 6.61 Å². The molecule has 1 heterocycles. The van der Waals surface area contributed by atoms with Gasteiger partial charge in [0.15, 0.2) is 6.29 Å². The summed E-state index contributed by atoms with van der Waals surface area (Å²) >= 11 is 0. The molecule has 5 rings (SSSR count). The molecule has 1 saturated heterocycles. The van der Waals surface area contributed by atoms with Crippen LogP contribution in [0.15, 0.2) is 34.4 Å². The van der Waals surface area contributed by atoms with E-state index in [1.54, 1.807) is 0 Å². The third-order valence-electron chi connectivity index (χ3n) is 10.5. The second kappa shape index (κ2) is 10.5. The third kappa shape index (κ3) is 4.92. The summed E-state index contributed by atoms with van der Waals surface area (Å²) in [5.41, 5.74) is 5.15. The monoisotopic (exact) mass is 516 g/mol. The maximum absolute atomic E-state index is 11.6. The summed E-state index contributed by atoms with van der Waals surface area (Å²) in [6, 6.07) is 0. The Labute approximate surface area is 222 Å². The average molecular weight is 517 g/mol. The van der Waals surface area contributed by atoms with Gasteiger partial charge < -0.3 is 29.9 Å². The van der Waals surface area contributed by atoms with Crippen LogP contribution in [0.1, 0.15) is 91.9 Å². The van der Waals surface area contributed by atoms with Crippen LogP contribution in [-0.4, -0.2) is 63.8 Å². The Morgan fingerprint density at radius 1 is 0.973 bits per heavy atom. The van der Waals surface area contributed by atoms with E-state index < -0.39 is 30.7 Å². The first-order valence-electron chi connectivity index (χ1n) is 14.7. The molecule has 0 aromatic rings. The van der Waals surface area contributed by atoms with Gasteiger partial charge in [-0.2, -0.15) is 0 Å². The molecule has 0 bridgehead atoms. The number of ether oxygens (including phenoxy) is 2. The number of fused-ring (bicyclic) bond motifs is 3. The maximum atomic E-state index is 11.6. The highest BCUT2D eigenvalue weighted by Crippen LogP contribution is 2.62. The van der Waals surface area contributed by atoms with E-state index in [0.717, 1.165) is 37.7 Å². The van der Waals surface area contributed by atoms with Crippen LogP contribution in [0.2, 0.25) is 0 Å². The average Bonchev–Trinajstić information content (AvgIpc) is 3.17. The normalized spacial score (nSPS) is 42.1. The molecule has 1 unspecified atom stereocenters. The highest BCUT2D eigenvalue weighted by molar-refractivity contribution is 5.52. The summed E-state index contributed by atoms with van der Waals surface area (Å²) in [4.78, 5) is 0. The number of allylic oxidation sites excluding steroid dienone is 4. The second-order valence-corrected chi connectivity index (χ2v) is 13.3. The summed E-state index contributed by atoms with van der Waals surface area (Å²) < 4.78 is 12.3. The van der Waals surface area contributed by atoms with E-state index in [1.165, 1.54) is 42.4 Å². The van der Waals surface area contributed by atoms with Crippen molar-refractivity contribution in [1.82, 2.24) is 0 Å². The fourth-order valence-electron chi connectivity index (χ4n) is 7.87. The smallest absolute Gasteiger partial charge is 0.186 e. The molecule has 6 heteroatoms. The van der Waals surface area contributed by atoms with Crippen molar-refractivity contribution in [2.45, 2.75) is 129 Å². The zero-order chi connectivity index (χ0) is 26.5. The Bertz CT molecular complexity index is 945. The van der Waals surface area contributed by atoms with E-state index in [2.05, 4.69) is 39.8 Å². The first-order chi connectivity index (χ1) is 17.5. The summed E-state index contributed by atoms with van der Waals surface area (Å²) in [6.07, 6.45) is 9.35. The van der Waals surface area contributed by atoms with Gasteiger partial charge in [-0.05, 0) is 78.9 Å². The largest absolute Gasteiger partial charge is 0.388 e. The Kier molecular flexibility index (Phi) is 7.83. The van der Waals surface area contributed by atoms with Gasteiger partial charge in [0.05, 0.1) is 18.8 Å². The van der Waals surface area contributed by atoms with Crippen LogP contribution in [-0.2, 0) is 9.47 Å². The molecule has 37 heavy (non-hydrogen) atoms. The van der Waals surface area contributed by atoms with Gasteiger partial charge >= 0.3 is 0 Å². The Balaban J connectivity index is 1.54. The number of rotatable bonds is 5. The SMILES string of the molecule is CC(C)C1=C2C3=CC=C(C(O)C4CCCCC4)C[C@H](O[C@@H]4OC[C@@H](O)[C@H](O)[C@H]4O)[C@]3(C)CC[C@@]2(C)CC1. The molecular formula is C31H48O6. The molecule has 6 nitrogen and oxygen atoms in total. The van der Waals surface area contributed by atoms with Crippen molar-refractivity contribution in [3.8, 4) is 0 Å². The lowest BCUT2D eigenvalue weighted by Gasteiger charge is -2.50. The predicted molar refractivity (Wildman–Crippen MR) is 143 cm³/mol. The van der Waals surface area contributed by atoms with Crippen molar-refractivity contribution >= 4 is 0 Å². The molecule has 3 fully saturated rings. The minimum absolute atomic E-state index is 0.0802. The van der Waals surface area contributed by atoms with Gasteiger partial charge in [0.1, 0.15) is 18.3 Å². The van der Waals surface area contributed by atoms with Gasteiger partial charge in [0, 0.05) is 5.41 Å². The van der Waals surface area contributed by atoms with Crippen LogP contribution in [0, 0.1) is 22.7 Å². The molecule has 0 spiro atoms. The lowest BCUT2D eigenvalue weighted by atomic mass is 9.57. The standard InChI is InChI=1S/C31H48O6/c1-18(2)21-12-13-30(3)14-15-31(4)22(25(21)30)11-10-20(26(33)19-8-6-5-7-9-19)16-24(31)37-29-28(35)27(34)23(32)17-36-29/h10-11,18-19,23-24,26-29,32-35H,5-9,12-17H2,1-4H3/t23-,24+,26?,27+,28-,29+,30-,31-/m1/s1. The van der Waals surface area contributed by atoms with Crippen LogP contribution in [0.25, 0.3) is 0 Å². The van der Waals surface area contributed by atoms with Crippen molar-refractivity contribution in [2.24, 2.45) is 22.7 Å². The van der Waals surface area contributed by atoms with Crippen LogP contribution >= 0.6 is 0 Å². The fourth-order valence-corrected chi connectivity index (χ4v) is 7.87. The molecule has 4 N–H and O–H groups in total. The topological polar surface area (TPSA) is 99.4 Å². The van der Waals surface area contributed by atoms with Crippen LogP contribution < -0.4 is 0 Å². The number of aliphatic hydroxyl groups is 4. The minimum atomic E-state index is -1.33. The molecule has 5 aliphatic rings. The van der Waals surface area contributed by atoms with Gasteiger partial charge in [0.25, 0.3) is 0 Å². The Hall–Kier alpha value is -1.02. The van der Waals surface area contributed by atoms with E-state index in [4.69, 9.17) is 9.47 Å². The van der Waals surface area contributed by atoms with Gasteiger partial charge in [-0.1, -0.05) is 64.7 Å². The minimum Gasteiger partial charge on any atom is -0.388 e. The number of hydrogen-bond acceptors (Lipinski definition) is 6. The van der Waals surface area contributed by atoms with Crippen molar-refractivity contribution in [1.29, 1.82) is 0 Å². The molecule has 0 aromatic heterocycles. The summed E-state index contributed by atoms with van der Waals surface area (Å²) in [5, 5.41) is 42.6. The van der Waals surface area contributed by atoms with Crippen LogP contribution in [0.5, 0.6) is 0 Å². The summed E-state index contributed by atoms with van der Waals surface area (Å²) in [5.74, 6) is 0.738. The molecule has 0 aromatic carbocycles. The number of hydrogen-bond donors (Lipinski definition) is 4. The van der Waals surface area contributed by atoms with Gasteiger partial charge in [-0.25, -0.2) is 0 Å². The van der Waals surface area contributed by atoms with E-state index >= 15 is 0 Å². The third-order valence-corrected chi connectivity index (χ3v) is 10.5. The van der Waals surface area contributed by atoms with Crippen molar-refractivity contribution in [3.05, 3.63) is 34.4 Å². The zero-order valence-corrected chi connectivity index (χ0v) is 23.2. The van der Waals surface area contributed by atoms with Crippen LogP contribution in [0.3, 0.4) is 0 Å². The predicted octanol–water partition coefficient (Wildman–Crippen LogP) is 4.56. The molecule has 0 amide bonds. The Morgan fingerprint density at radius 3 is 2.41 bits per heavy atom. The first-order valence-corrected chi connectivity index (χ1v) is 14.7. The second-order valence-electron chi connectivity index (χ2n) is 13.3. The molecule has 2 saturated carbocycles. The number of aliphatic hydroxyl groups excluding tert-OH is 4. The van der Waals surface area contributed by atoms with Crippen LogP contribution in [0.4, 0.5) is 0 Å². The molecule has 208 valence electrons. The maximum Gasteiger partial charge on any atom is 0.186 e. The van der Waals surface area contributed by atoms with E-state index in [1.807, 2.05) is 0 Å². The van der Waals surface area contributed by atoms with E-state index in [0.29, 0.717) is 12.3 Å². The van der Waals surface area contributed by atoms with E-state index in [9.17, 15) is 20.4 Å². The van der Waals surface area contributed by atoms with Crippen molar-refractivity contribution in [3.63, 3.8) is 0 Å². The van der Waals surface area contributed by atoms with E-state index in [-0.39, 0.29) is 29.5 Å². The van der Waals surface area contributed by atoms with Crippen molar-refractivity contribution < 1.29 is 29.9 Å². The van der Waals surface area contributed by atoms with Gasteiger partial charge in [0.2, 0.25) is 0 Å². The quantitative estimate of drug-likeness (QED) is 0.428. The fraction of sp³-hybridized carbons (Fsp3) is 0.806.